The second kappa shape index (κ2) is 9.36. The highest BCUT2D eigenvalue weighted by Gasteiger charge is 2.13. The van der Waals surface area contributed by atoms with E-state index in [-0.39, 0.29) is 5.91 Å². The summed E-state index contributed by atoms with van der Waals surface area (Å²) in [6, 6.07) is 5.05. The predicted molar refractivity (Wildman–Crippen MR) is 109 cm³/mol. The van der Waals surface area contributed by atoms with Gasteiger partial charge in [0.05, 0.1) is 30.7 Å². The van der Waals surface area contributed by atoms with Crippen LogP contribution >= 0.6 is 11.5 Å². The minimum atomic E-state index is -0.346. The highest BCUT2D eigenvalue weighted by atomic mass is 32.1. The highest BCUT2D eigenvalue weighted by Crippen LogP contribution is 2.28. The Kier molecular flexibility index (Phi) is 7.18. The monoisotopic (exact) mass is 390 g/mol. The topological polar surface area (TPSA) is 98.8 Å². The number of nitrogen functional groups attached to an aromatic ring is 1. The van der Waals surface area contributed by atoms with Gasteiger partial charge in [0.1, 0.15) is 5.00 Å². The SMILES string of the molecule is COc1cc(C(=O)N/N=C(/C)c2c(C)nsc2N)ccc1OCCC(C)C. The van der Waals surface area contributed by atoms with Crippen molar-refractivity contribution in [2.45, 2.75) is 34.1 Å². The van der Waals surface area contributed by atoms with Gasteiger partial charge in [0.2, 0.25) is 0 Å². The Balaban J connectivity index is 2.09. The number of hydrogen-bond donors (Lipinski definition) is 2. The summed E-state index contributed by atoms with van der Waals surface area (Å²) in [5.41, 5.74) is 11.0. The zero-order valence-corrected chi connectivity index (χ0v) is 17.1. The molecule has 3 N–H and O–H groups in total. The molecule has 27 heavy (non-hydrogen) atoms. The van der Waals surface area contributed by atoms with Crippen molar-refractivity contribution in [2.24, 2.45) is 11.0 Å². The Hall–Kier alpha value is -2.61. The number of carbonyl (C=O) groups excluding carboxylic acids is 1. The summed E-state index contributed by atoms with van der Waals surface area (Å²) in [4.78, 5) is 12.4. The molecule has 2 rings (SSSR count). The largest absolute Gasteiger partial charge is 0.493 e. The standard InChI is InChI=1S/C19H26N4O3S/c1-11(2)8-9-26-15-7-6-14(10-16(15)25-5)19(24)22-21-12(3)17-13(4)23-27-18(17)20/h6-7,10-11H,8-9,20H2,1-5H3,(H,22,24)/b21-12-. The van der Waals surface area contributed by atoms with Gasteiger partial charge in [-0.2, -0.15) is 9.47 Å². The lowest BCUT2D eigenvalue weighted by Crippen LogP contribution is -2.19. The summed E-state index contributed by atoms with van der Waals surface area (Å²) in [6.07, 6.45) is 0.944. The zero-order chi connectivity index (χ0) is 20.0. The third-order valence-electron chi connectivity index (χ3n) is 3.95. The van der Waals surface area contributed by atoms with Crippen molar-refractivity contribution in [3.63, 3.8) is 0 Å². The number of amides is 1. The van der Waals surface area contributed by atoms with Crippen molar-refractivity contribution < 1.29 is 14.3 Å². The van der Waals surface area contributed by atoms with Crippen molar-refractivity contribution in [2.75, 3.05) is 19.5 Å². The highest BCUT2D eigenvalue weighted by molar-refractivity contribution is 7.10. The molecular weight excluding hydrogens is 364 g/mol. The van der Waals surface area contributed by atoms with Gasteiger partial charge in [-0.15, -0.1) is 0 Å². The molecule has 0 saturated carbocycles. The third-order valence-corrected chi connectivity index (χ3v) is 4.72. The fraction of sp³-hybridized carbons (Fsp3) is 0.421. The number of rotatable bonds is 8. The van der Waals surface area contributed by atoms with E-state index in [1.165, 1.54) is 11.5 Å². The fourth-order valence-corrected chi connectivity index (χ4v) is 3.13. The van der Waals surface area contributed by atoms with Gasteiger partial charge in [0, 0.05) is 5.56 Å². The van der Waals surface area contributed by atoms with Gasteiger partial charge >= 0.3 is 0 Å². The van der Waals surface area contributed by atoms with E-state index in [0.717, 1.165) is 17.7 Å². The molecule has 0 radical (unpaired) electrons. The molecule has 0 bridgehead atoms. The first-order valence-electron chi connectivity index (χ1n) is 8.71. The lowest BCUT2D eigenvalue weighted by Gasteiger charge is -2.12. The summed E-state index contributed by atoms with van der Waals surface area (Å²) in [5, 5.41) is 4.72. The summed E-state index contributed by atoms with van der Waals surface area (Å²) in [6.45, 7) is 8.50. The molecule has 0 saturated heterocycles. The molecule has 1 aromatic carbocycles. The molecule has 7 nitrogen and oxygen atoms in total. The second-order valence-electron chi connectivity index (χ2n) is 6.54. The van der Waals surface area contributed by atoms with E-state index in [0.29, 0.717) is 40.3 Å². The van der Waals surface area contributed by atoms with Crippen LogP contribution in [0.25, 0.3) is 0 Å². The molecule has 0 atom stereocenters. The van der Waals surface area contributed by atoms with Crippen LogP contribution in [-0.2, 0) is 0 Å². The molecule has 0 spiro atoms. The first-order valence-corrected chi connectivity index (χ1v) is 9.48. The molecule has 0 aliphatic carbocycles. The van der Waals surface area contributed by atoms with Gasteiger partial charge in [-0.3, -0.25) is 4.79 Å². The van der Waals surface area contributed by atoms with Crippen LogP contribution in [0.4, 0.5) is 5.00 Å². The molecular formula is C19H26N4O3S. The second-order valence-corrected chi connectivity index (χ2v) is 7.35. The summed E-state index contributed by atoms with van der Waals surface area (Å²) < 4.78 is 15.3. The number of anilines is 1. The van der Waals surface area contributed by atoms with Gasteiger partial charge in [-0.1, -0.05) is 13.8 Å². The van der Waals surface area contributed by atoms with Crippen LogP contribution in [-0.4, -0.2) is 29.7 Å². The van der Waals surface area contributed by atoms with Crippen molar-refractivity contribution in [3.05, 3.63) is 35.0 Å². The maximum absolute atomic E-state index is 12.4. The molecule has 1 heterocycles. The fourth-order valence-electron chi connectivity index (χ4n) is 2.42. The van der Waals surface area contributed by atoms with Crippen molar-refractivity contribution in [1.29, 1.82) is 0 Å². The van der Waals surface area contributed by atoms with E-state index >= 15 is 0 Å². The number of carbonyl (C=O) groups is 1. The van der Waals surface area contributed by atoms with Gasteiger partial charge in [0.25, 0.3) is 5.91 Å². The Morgan fingerprint density at radius 3 is 2.70 bits per heavy atom. The first-order chi connectivity index (χ1) is 12.8. The average Bonchev–Trinajstić information content (AvgIpc) is 2.97. The number of aryl methyl sites for hydroxylation is 1. The van der Waals surface area contributed by atoms with Crippen LogP contribution in [0.3, 0.4) is 0 Å². The van der Waals surface area contributed by atoms with E-state index < -0.39 is 0 Å². The number of methoxy groups -OCH3 is 1. The maximum Gasteiger partial charge on any atom is 0.271 e. The number of ether oxygens (including phenoxy) is 2. The summed E-state index contributed by atoms with van der Waals surface area (Å²) in [7, 11) is 1.55. The predicted octanol–water partition coefficient (Wildman–Crippen LogP) is 3.62. The molecule has 146 valence electrons. The van der Waals surface area contributed by atoms with E-state index in [1.807, 2.05) is 6.92 Å². The van der Waals surface area contributed by atoms with Crippen molar-refractivity contribution in [1.82, 2.24) is 9.80 Å². The maximum atomic E-state index is 12.4. The van der Waals surface area contributed by atoms with E-state index in [1.54, 1.807) is 32.2 Å². The molecule has 0 fully saturated rings. The molecule has 1 amide bonds. The number of hydrogen-bond acceptors (Lipinski definition) is 7. The van der Waals surface area contributed by atoms with Crippen LogP contribution < -0.4 is 20.6 Å². The van der Waals surface area contributed by atoms with Crippen LogP contribution in [0.5, 0.6) is 11.5 Å². The lowest BCUT2D eigenvalue weighted by atomic mass is 10.1. The quantitative estimate of drug-likeness (QED) is 0.530. The Labute approximate surface area is 163 Å². The van der Waals surface area contributed by atoms with Crippen LogP contribution in [0.2, 0.25) is 0 Å². The van der Waals surface area contributed by atoms with Gasteiger partial charge < -0.3 is 15.2 Å². The van der Waals surface area contributed by atoms with Gasteiger partial charge in [-0.05, 0) is 55.9 Å². The number of nitrogens with two attached hydrogens (primary N) is 1. The van der Waals surface area contributed by atoms with E-state index in [2.05, 4.69) is 28.7 Å². The van der Waals surface area contributed by atoms with Crippen LogP contribution in [0.1, 0.15) is 48.8 Å². The minimum absolute atomic E-state index is 0.346. The van der Waals surface area contributed by atoms with Gasteiger partial charge in [0.15, 0.2) is 11.5 Å². The zero-order valence-electron chi connectivity index (χ0n) is 16.3. The van der Waals surface area contributed by atoms with Crippen molar-refractivity contribution >= 4 is 28.2 Å². The minimum Gasteiger partial charge on any atom is -0.493 e. The summed E-state index contributed by atoms with van der Waals surface area (Å²) in [5.74, 6) is 1.33. The molecule has 1 aromatic heterocycles. The molecule has 0 unspecified atom stereocenters. The smallest absolute Gasteiger partial charge is 0.271 e. The number of benzene rings is 1. The molecule has 2 aromatic rings. The average molecular weight is 391 g/mol. The number of hydrazone groups is 1. The number of nitrogens with one attached hydrogen (secondary N) is 1. The third kappa shape index (κ3) is 5.43. The normalized spacial score (nSPS) is 11.6. The van der Waals surface area contributed by atoms with E-state index in [4.69, 9.17) is 15.2 Å². The first kappa shape index (κ1) is 20.7. The van der Waals surface area contributed by atoms with Gasteiger partial charge in [-0.25, -0.2) is 5.43 Å². The summed E-state index contributed by atoms with van der Waals surface area (Å²) >= 11 is 1.21. The van der Waals surface area contributed by atoms with E-state index in [9.17, 15) is 4.79 Å². The van der Waals surface area contributed by atoms with Crippen LogP contribution in [0, 0.1) is 12.8 Å². The molecule has 0 aliphatic heterocycles. The molecule has 8 heteroatoms. The number of aromatic nitrogens is 1. The van der Waals surface area contributed by atoms with Crippen molar-refractivity contribution in [3.8, 4) is 11.5 Å². The lowest BCUT2D eigenvalue weighted by molar-refractivity contribution is 0.0954. The Bertz CT molecular complexity index is 811. The Morgan fingerprint density at radius 1 is 1.37 bits per heavy atom. The van der Waals surface area contributed by atoms with Crippen LogP contribution in [0.15, 0.2) is 23.3 Å². The number of nitrogens with zero attached hydrogens (tertiary/aromatic N) is 2. The Morgan fingerprint density at radius 2 is 2.11 bits per heavy atom. The molecule has 0 aliphatic rings.